The Morgan fingerprint density at radius 3 is 2.27 bits per heavy atom. The predicted molar refractivity (Wildman–Crippen MR) is 134 cm³/mol. The van der Waals surface area contributed by atoms with E-state index in [1.165, 1.54) is 32.1 Å². The van der Waals surface area contributed by atoms with Gasteiger partial charge >= 0.3 is 5.97 Å². The number of carboxylic acid groups (broad SMARTS) is 1. The lowest BCUT2D eigenvalue weighted by Crippen LogP contribution is -2.09. The van der Waals surface area contributed by atoms with E-state index in [4.69, 9.17) is 19.6 Å². The number of aliphatic carboxylic acids is 1. The van der Waals surface area contributed by atoms with Crippen molar-refractivity contribution >= 4 is 28.1 Å². The standard InChI is InChI=1S/C26H32N2O4S/c1-3-4-5-6-7-8-17-31-22-15-11-21(12-16-22)27-26-28-25(19(2)33-26)20-9-13-23(14-10-20)32-18-24(29)30/h9-16H,3-8,17-18H2,1-2H3,(H,27,28)(H,29,30). The summed E-state index contributed by atoms with van der Waals surface area (Å²) in [6.07, 6.45) is 7.53. The minimum atomic E-state index is -0.998. The van der Waals surface area contributed by atoms with Gasteiger partial charge in [0.15, 0.2) is 11.7 Å². The number of benzene rings is 2. The summed E-state index contributed by atoms with van der Waals surface area (Å²) in [5, 5.41) is 12.9. The Morgan fingerprint density at radius 2 is 1.58 bits per heavy atom. The van der Waals surface area contributed by atoms with Crippen molar-refractivity contribution in [3.63, 3.8) is 0 Å². The molecule has 0 spiro atoms. The smallest absolute Gasteiger partial charge is 0.341 e. The minimum absolute atomic E-state index is 0.355. The van der Waals surface area contributed by atoms with E-state index in [0.29, 0.717) is 5.75 Å². The van der Waals surface area contributed by atoms with Gasteiger partial charge in [-0.1, -0.05) is 39.0 Å². The highest BCUT2D eigenvalue weighted by Gasteiger charge is 2.11. The van der Waals surface area contributed by atoms with Crippen molar-refractivity contribution in [3.8, 4) is 22.8 Å². The highest BCUT2D eigenvalue weighted by atomic mass is 32.1. The highest BCUT2D eigenvalue weighted by Crippen LogP contribution is 2.33. The van der Waals surface area contributed by atoms with Gasteiger partial charge in [0.05, 0.1) is 12.3 Å². The maximum absolute atomic E-state index is 10.6. The lowest BCUT2D eigenvalue weighted by atomic mass is 10.1. The van der Waals surface area contributed by atoms with Crippen LogP contribution in [0.5, 0.6) is 11.5 Å². The molecule has 1 heterocycles. The summed E-state index contributed by atoms with van der Waals surface area (Å²) in [7, 11) is 0. The van der Waals surface area contributed by atoms with Gasteiger partial charge in [0.25, 0.3) is 0 Å². The number of nitrogens with one attached hydrogen (secondary N) is 1. The summed E-state index contributed by atoms with van der Waals surface area (Å²) in [5.41, 5.74) is 2.81. The first-order valence-electron chi connectivity index (χ1n) is 11.5. The first-order chi connectivity index (χ1) is 16.0. The van der Waals surface area contributed by atoms with Crippen LogP contribution < -0.4 is 14.8 Å². The van der Waals surface area contributed by atoms with Crippen molar-refractivity contribution in [2.75, 3.05) is 18.5 Å². The SMILES string of the molecule is CCCCCCCCOc1ccc(Nc2nc(-c3ccc(OCC(=O)O)cc3)c(C)s2)cc1. The van der Waals surface area contributed by atoms with Gasteiger partial charge in [-0.15, -0.1) is 11.3 Å². The van der Waals surface area contributed by atoms with Crippen molar-refractivity contribution in [2.24, 2.45) is 0 Å². The molecule has 0 bridgehead atoms. The molecule has 3 rings (SSSR count). The summed E-state index contributed by atoms with van der Waals surface area (Å²) in [4.78, 5) is 16.5. The van der Waals surface area contributed by atoms with Crippen LogP contribution in [0.25, 0.3) is 11.3 Å². The predicted octanol–water partition coefficient (Wildman–Crippen LogP) is 7.06. The summed E-state index contributed by atoms with van der Waals surface area (Å²) in [5.74, 6) is 0.407. The molecule has 0 aliphatic heterocycles. The van der Waals surface area contributed by atoms with Gasteiger partial charge in [0.2, 0.25) is 0 Å². The van der Waals surface area contributed by atoms with Crippen molar-refractivity contribution in [1.82, 2.24) is 4.98 Å². The van der Waals surface area contributed by atoms with Crippen LogP contribution in [-0.4, -0.2) is 29.3 Å². The van der Waals surface area contributed by atoms with Crippen LogP contribution in [0.1, 0.15) is 50.3 Å². The monoisotopic (exact) mass is 468 g/mol. The molecule has 7 heteroatoms. The Kier molecular flexibility index (Phi) is 9.57. The van der Waals surface area contributed by atoms with Gasteiger partial charge in [0, 0.05) is 16.1 Å². The number of aromatic nitrogens is 1. The number of thiazole rings is 1. The molecule has 0 unspecified atom stereocenters. The molecule has 0 amide bonds. The molecule has 0 fully saturated rings. The van der Waals surface area contributed by atoms with Crippen LogP contribution in [0.3, 0.4) is 0 Å². The maximum atomic E-state index is 10.6. The summed E-state index contributed by atoms with van der Waals surface area (Å²) in [6, 6.07) is 15.3. The van der Waals surface area contributed by atoms with Crippen molar-refractivity contribution in [1.29, 1.82) is 0 Å². The lowest BCUT2D eigenvalue weighted by molar-refractivity contribution is -0.139. The molecule has 1 aromatic heterocycles. The van der Waals surface area contributed by atoms with E-state index in [1.807, 2.05) is 43.3 Å². The second-order valence-corrected chi connectivity index (χ2v) is 9.10. The number of hydrogen-bond donors (Lipinski definition) is 2. The molecule has 6 nitrogen and oxygen atoms in total. The largest absolute Gasteiger partial charge is 0.494 e. The molecule has 0 aliphatic carbocycles. The van der Waals surface area contributed by atoms with E-state index in [2.05, 4.69) is 12.2 Å². The first kappa shape index (κ1) is 24.6. The number of rotatable bonds is 14. The third-order valence-electron chi connectivity index (χ3n) is 5.16. The number of carboxylic acids is 1. The van der Waals surface area contributed by atoms with Crippen LogP contribution in [0.4, 0.5) is 10.8 Å². The second kappa shape index (κ2) is 12.8. The Bertz CT molecular complexity index is 1000. The molecule has 0 saturated heterocycles. The topological polar surface area (TPSA) is 80.7 Å². The zero-order valence-electron chi connectivity index (χ0n) is 19.3. The fourth-order valence-electron chi connectivity index (χ4n) is 3.40. The third kappa shape index (κ3) is 8.09. The van der Waals surface area contributed by atoms with Crippen molar-refractivity contribution in [2.45, 2.75) is 52.4 Å². The number of hydrogen-bond acceptors (Lipinski definition) is 6. The van der Waals surface area contributed by atoms with Gasteiger partial charge in [0.1, 0.15) is 11.5 Å². The van der Waals surface area contributed by atoms with Gasteiger partial charge in [-0.25, -0.2) is 9.78 Å². The highest BCUT2D eigenvalue weighted by molar-refractivity contribution is 7.16. The lowest BCUT2D eigenvalue weighted by Gasteiger charge is -2.08. The van der Waals surface area contributed by atoms with Crippen LogP contribution in [0.15, 0.2) is 48.5 Å². The molecule has 176 valence electrons. The average molecular weight is 469 g/mol. The quantitative estimate of drug-likeness (QED) is 0.246. The van der Waals surface area contributed by atoms with Gasteiger partial charge in [-0.2, -0.15) is 0 Å². The van der Waals surface area contributed by atoms with Gasteiger partial charge in [-0.3, -0.25) is 0 Å². The zero-order chi connectivity index (χ0) is 23.5. The summed E-state index contributed by atoms with van der Waals surface area (Å²) >= 11 is 1.59. The van der Waals surface area contributed by atoms with E-state index >= 15 is 0 Å². The fraction of sp³-hybridized carbons (Fsp3) is 0.385. The minimum Gasteiger partial charge on any atom is -0.494 e. The normalized spacial score (nSPS) is 10.7. The van der Waals surface area contributed by atoms with Gasteiger partial charge < -0.3 is 19.9 Å². The molecule has 0 saturated carbocycles. The molecule has 0 atom stereocenters. The van der Waals surface area contributed by atoms with E-state index < -0.39 is 5.97 Å². The van der Waals surface area contributed by atoms with Crippen molar-refractivity contribution < 1.29 is 19.4 Å². The Hall–Kier alpha value is -3.06. The average Bonchev–Trinajstić information content (AvgIpc) is 3.18. The number of anilines is 2. The van der Waals surface area contributed by atoms with Crippen molar-refractivity contribution in [3.05, 3.63) is 53.4 Å². The van der Waals surface area contributed by atoms with Crippen LogP contribution in [-0.2, 0) is 4.79 Å². The molecule has 2 aromatic carbocycles. The number of nitrogens with zero attached hydrogens (tertiary/aromatic N) is 1. The number of unbranched alkanes of at least 4 members (excludes halogenated alkanes) is 5. The summed E-state index contributed by atoms with van der Waals surface area (Å²) < 4.78 is 11.0. The zero-order valence-corrected chi connectivity index (χ0v) is 20.1. The number of ether oxygens (including phenoxy) is 2. The number of aryl methyl sites for hydroxylation is 1. The Morgan fingerprint density at radius 1 is 0.939 bits per heavy atom. The number of carbonyl (C=O) groups is 1. The molecular weight excluding hydrogens is 436 g/mol. The second-order valence-electron chi connectivity index (χ2n) is 7.90. The first-order valence-corrected chi connectivity index (χ1v) is 12.3. The van der Waals surface area contributed by atoms with E-state index in [0.717, 1.165) is 45.7 Å². The van der Waals surface area contributed by atoms with Crippen LogP contribution in [0.2, 0.25) is 0 Å². The Labute approximate surface area is 199 Å². The van der Waals surface area contributed by atoms with E-state index in [9.17, 15) is 4.79 Å². The maximum Gasteiger partial charge on any atom is 0.341 e. The Balaban J connectivity index is 1.50. The third-order valence-corrected chi connectivity index (χ3v) is 6.05. The van der Waals surface area contributed by atoms with E-state index in [-0.39, 0.29) is 6.61 Å². The molecular formula is C26H32N2O4S. The van der Waals surface area contributed by atoms with Crippen LogP contribution in [0, 0.1) is 6.92 Å². The molecule has 2 N–H and O–H groups in total. The molecule has 0 aliphatic rings. The van der Waals surface area contributed by atoms with Crippen LogP contribution >= 0.6 is 11.3 Å². The molecule has 3 aromatic rings. The van der Waals surface area contributed by atoms with Gasteiger partial charge in [-0.05, 0) is 61.9 Å². The molecule has 0 radical (unpaired) electrons. The van der Waals surface area contributed by atoms with E-state index in [1.54, 1.807) is 23.5 Å². The fourth-order valence-corrected chi connectivity index (χ4v) is 4.26. The molecule has 33 heavy (non-hydrogen) atoms. The summed E-state index contributed by atoms with van der Waals surface area (Å²) in [6.45, 7) is 4.67.